The van der Waals surface area contributed by atoms with Crippen LogP contribution in [-0.4, -0.2) is 119 Å². The average molecular weight is 505 g/mol. The van der Waals surface area contributed by atoms with E-state index in [4.69, 9.17) is 28.2 Å². The molecule has 33 heavy (non-hydrogen) atoms. The number of amides is 1. The van der Waals surface area contributed by atoms with E-state index >= 15 is 0 Å². The summed E-state index contributed by atoms with van der Waals surface area (Å²) in [7, 11) is 2.37. The second kappa shape index (κ2) is 13.0. The van der Waals surface area contributed by atoms with Crippen molar-refractivity contribution >= 4 is 24.2 Å². The molecule has 2 aliphatic heterocycles. The van der Waals surface area contributed by atoms with Gasteiger partial charge in [0.2, 0.25) is 5.91 Å². The number of carbonyl (C=O) groups excluding carboxylic acids is 1. The van der Waals surface area contributed by atoms with Crippen LogP contribution in [0.1, 0.15) is 6.92 Å². The van der Waals surface area contributed by atoms with E-state index in [1.807, 2.05) is 0 Å². The van der Waals surface area contributed by atoms with Crippen LogP contribution in [-0.2, 0) is 47.5 Å². The monoisotopic (exact) mass is 505 g/mol. The van der Waals surface area contributed by atoms with E-state index < -0.39 is 79.8 Å². The number of carboxylic acid groups (broad SMARTS) is 1. The van der Waals surface area contributed by atoms with Crippen molar-refractivity contribution in [2.24, 2.45) is 0 Å². The molecule has 0 aromatic heterocycles. The minimum Gasteiger partial charge on any atom is -0.479 e. The molecule has 0 spiro atoms. The van der Waals surface area contributed by atoms with Crippen LogP contribution in [0.4, 0.5) is 0 Å². The van der Waals surface area contributed by atoms with E-state index in [-0.39, 0.29) is 12.3 Å². The number of hydrogen-bond acceptors (Lipinski definition) is 15. The highest BCUT2D eigenvalue weighted by Gasteiger charge is 2.53. The van der Waals surface area contributed by atoms with Gasteiger partial charge in [0, 0.05) is 21.1 Å². The van der Waals surface area contributed by atoms with Crippen LogP contribution in [0.2, 0.25) is 0 Å². The van der Waals surface area contributed by atoms with E-state index in [2.05, 4.69) is 19.6 Å². The Labute approximate surface area is 191 Å². The normalized spacial score (nSPS) is 39.2. The summed E-state index contributed by atoms with van der Waals surface area (Å²) in [6.07, 6.45) is -13.8. The van der Waals surface area contributed by atoms with E-state index in [0.717, 1.165) is 7.11 Å². The Balaban J connectivity index is 2.26. The number of carbonyl (C=O) groups is 2. The Morgan fingerprint density at radius 2 is 1.70 bits per heavy atom. The number of carboxylic acids is 1. The van der Waals surface area contributed by atoms with Crippen molar-refractivity contribution in [3.05, 3.63) is 0 Å². The van der Waals surface area contributed by atoms with E-state index in [1.165, 1.54) is 14.0 Å². The standard InChI is InChI=1S/C16H27NO15S/c1-5(18)17-7-11(8(19)6(28-15(7)26-3)4-27-31-32-33-24)29-16-10(21)9(20)12(25-2)13(30-16)14(22)23/h6-13,15-16,19-21,24H,4H2,1-3H3,(H,17,18)(H,22,23)/t6?,7?,8-,9+,10?,11+,12+,13?,15+,16+/m0/s1. The number of aliphatic carboxylic acids is 1. The van der Waals surface area contributed by atoms with Crippen molar-refractivity contribution in [2.45, 2.75) is 68.3 Å². The van der Waals surface area contributed by atoms with E-state index in [9.17, 15) is 30.0 Å². The lowest BCUT2D eigenvalue weighted by Gasteiger charge is -2.47. The number of rotatable bonds is 11. The van der Waals surface area contributed by atoms with Gasteiger partial charge >= 0.3 is 5.97 Å². The number of aliphatic hydroxyl groups excluding tert-OH is 3. The van der Waals surface area contributed by atoms with Crippen molar-refractivity contribution < 1.29 is 72.5 Å². The third-order valence-corrected chi connectivity index (χ3v) is 5.08. The summed E-state index contributed by atoms with van der Waals surface area (Å²) in [5.41, 5.74) is 0. The molecule has 2 rings (SSSR count). The third-order valence-electron chi connectivity index (χ3n) is 4.97. The SMILES string of the molecule is CO[C@@H]1OC(COOOSO)[C@H](O)[C@H](O[C@@H]2OC(C(=O)O)[C@H](OC)[C@H](O)C2O)C1NC(C)=O. The highest BCUT2D eigenvalue weighted by Crippen LogP contribution is 2.30. The second-order valence-electron chi connectivity index (χ2n) is 7.04. The van der Waals surface area contributed by atoms with Gasteiger partial charge in [0.15, 0.2) is 31.0 Å². The lowest BCUT2D eigenvalue weighted by Crippen LogP contribution is -2.68. The summed E-state index contributed by atoms with van der Waals surface area (Å²) in [4.78, 5) is 27.9. The van der Waals surface area contributed by atoms with Gasteiger partial charge in [-0.2, -0.15) is 0 Å². The van der Waals surface area contributed by atoms with Crippen molar-refractivity contribution in [1.82, 2.24) is 5.32 Å². The molecule has 16 nitrogen and oxygen atoms in total. The summed E-state index contributed by atoms with van der Waals surface area (Å²) in [5.74, 6) is -2.04. The van der Waals surface area contributed by atoms with Gasteiger partial charge in [-0.15, -0.1) is 4.33 Å². The summed E-state index contributed by atoms with van der Waals surface area (Å²) >= 11 is -0.144. The van der Waals surface area contributed by atoms with Gasteiger partial charge in [0.25, 0.3) is 0 Å². The number of ether oxygens (including phenoxy) is 5. The first-order chi connectivity index (χ1) is 15.7. The molecule has 2 aliphatic rings. The maximum absolute atomic E-state index is 11.7. The van der Waals surface area contributed by atoms with Crippen molar-refractivity contribution in [3.63, 3.8) is 0 Å². The largest absolute Gasteiger partial charge is 0.479 e. The van der Waals surface area contributed by atoms with Crippen molar-refractivity contribution in [2.75, 3.05) is 20.8 Å². The highest BCUT2D eigenvalue weighted by atomic mass is 32.2. The van der Waals surface area contributed by atoms with Crippen LogP contribution in [0.25, 0.3) is 0 Å². The minimum atomic E-state index is -1.78. The van der Waals surface area contributed by atoms with Crippen molar-refractivity contribution in [3.8, 4) is 0 Å². The van der Waals surface area contributed by atoms with Crippen LogP contribution in [0, 0.1) is 0 Å². The van der Waals surface area contributed by atoms with Gasteiger partial charge in [-0.05, 0) is 0 Å². The molecular formula is C16H27NO15S. The molecule has 6 N–H and O–H groups in total. The second-order valence-corrected chi connectivity index (χ2v) is 7.32. The number of aliphatic hydroxyl groups is 3. The molecule has 10 atom stereocenters. The maximum atomic E-state index is 11.7. The summed E-state index contributed by atoms with van der Waals surface area (Å²) < 4.78 is 39.1. The Morgan fingerprint density at radius 1 is 1.00 bits per heavy atom. The van der Waals surface area contributed by atoms with Gasteiger partial charge in [-0.25, -0.2) is 9.68 Å². The average Bonchev–Trinajstić information content (AvgIpc) is 2.77. The van der Waals surface area contributed by atoms with Crippen LogP contribution < -0.4 is 5.32 Å². The topological polar surface area (TPSA) is 221 Å². The van der Waals surface area contributed by atoms with Gasteiger partial charge in [-0.1, -0.05) is 5.04 Å². The van der Waals surface area contributed by atoms with Crippen molar-refractivity contribution in [1.29, 1.82) is 0 Å². The van der Waals surface area contributed by atoms with Crippen LogP contribution in [0.15, 0.2) is 0 Å². The summed E-state index contributed by atoms with van der Waals surface area (Å²) in [6, 6.07) is -1.17. The molecule has 2 fully saturated rings. The Kier molecular flexibility index (Phi) is 11.1. The Hall–Kier alpha value is -1.19. The molecule has 17 heteroatoms. The Morgan fingerprint density at radius 3 is 2.24 bits per heavy atom. The van der Waals surface area contributed by atoms with Gasteiger partial charge < -0.3 is 54.0 Å². The fraction of sp³-hybridized carbons (Fsp3) is 0.875. The fourth-order valence-corrected chi connectivity index (χ4v) is 3.56. The molecule has 0 aliphatic carbocycles. The molecular weight excluding hydrogens is 478 g/mol. The summed E-state index contributed by atoms with van der Waals surface area (Å²) in [5, 5.41) is 47.6. The van der Waals surface area contributed by atoms with Gasteiger partial charge in [0.1, 0.15) is 49.3 Å². The molecule has 2 saturated heterocycles. The lowest BCUT2D eigenvalue weighted by molar-refractivity contribution is -0.471. The lowest BCUT2D eigenvalue weighted by atomic mass is 9.95. The smallest absolute Gasteiger partial charge is 0.335 e. The van der Waals surface area contributed by atoms with Crippen LogP contribution >= 0.6 is 12.3 Å². The minimum absolute atomic E-state index is 0.144. The van der Waals surface area contributed by atoms with Gasteiger partial charge in [-0.3, -0.25) is 4.79 Å². The molecule has 1 amide bonds. The molecule has 4 unspecified atom stereocenters. The maximum Gasteiger partial charge on any atom is 0.335 e. The Bertz CT molecular complexity index is 643. The summed E-state index contributed by atoms with van der Waals surface area (Å²) in [6.45, 7) is 0.705. The zero-order valence-electron chi connectivity index (χ0n) is 17.7. The van der Waals surface area contributed by atoms with Crippen LogP contribution in [0.5, 0.6) is 0 Å². The molecule has 0 aromatic rings. The fourth-order valence-electron chi connectivity index (χ4n) is 3.50. The first-order valence-electron chi connectivity index (χ1n) is 9.48. The third kappa shape index (κ3) is 6.92. The predicted molar refractivity (Wildman–Crippen MR) is 102 cm³/mol. The molecule has 0 saturated carbocycles. The van der Waals surface area contributed by atoms with Gasteiger partial charge in [0.05, 0.1) is 0 Å². The predicted octanol–water partition coefficient (Wildman–Crippen LogP) is -2.84. The van der Waals surface area contributed by atoms with E-state index in [0.29, 0.717) is 0 Å². The van der Waals surface area contributed by atoms with E-state index in [1.54, 1.807) is 0 Å². The molecule has 0 radical (unpaired) electrons. The first kappa shape index (κ1) is 28.1. The number of methoxy groups -OCH3 is 2. The zero-order valence-corrected chi connectivity index (χ0v) is 18.5. The molecule has 0 bridgehead atoms. The van der Waals surface area contributed by atoms with Crippen LogP contribution in [0.3, 0.4) is 0 Å². The number of hydrogen-bond donors (Lipinski definition) is 6. The first-order valence-corrected chi connectivity index (χ1v) is 10.2. The molecule has 2 heterocycles. The molecule has 192 valence electrons. The number of nitrogens with one attached hydrogen (secondary N) is 1. The molecule has 0 aromatic carbocycles. The quantitative estimate of drug-likeness (QED) is 0.0720. The highest BCUT2D eigenvalue weighted by molar-refractivity contribution is 7.88. The zero-order chi connectivity index (χ0) is 24.7.